The van der Waals surface area contributed by atoms with Gasteiger partial charge < -0.3 is 10.1 Å². The molecule has 1 heterocycles. The molecule has 3 nitrogen and oxygen atoms in total. The lowest BCUT2D eigenvalue weighted by molar-refractivity contribution is -0.00553. The number of nitrogens with zero attached hydrogens (tertiary/aromatic N) is 1. The van der Waals surface area contributed by atoms with Crippen LogP contribution in [0.2, 0.25) is 0 Å². The van der Waals surface area contributed by atoms with Crippen LogP contribution in [0.1, 0.15) is 33.1 Å². The lowest BCUT2D eigenvalue weighted by Gasteiger charge is -2.40. The van der Waals surface area contributed by atoms with Crippen molar-refractivity contribution in [2.75, 3.05) is 27.3 Å². The summed E-state index contributed by atoms with van der Waals surface area (Å²) in [6.07, 6.45) is 3.65. The predicted molar refractivity (Wildman–Crippen MR) is 64.2 cm³/mol. The summed E-state index contributed by atoms with van der Waals surface area (Å²) >= 11 is 0. The van der Waals surface area contributed by atoms with Crippen LogP contribution < -0.4 is 5.32 Å². The van der Waals surface area contributed by atoms with Crippen molar-refractivity contribution in [2.24, 2.45) is 0 Å². The smallest absolute Gasteiger partial charge is 0.0637 e. The quantitative estimate of drug-likeness (QED) is 0.750. The SMILES string of the molecule is CCCC(C)N(C)C1COCCC1NC. The largest absolute Gasteiger partial charge is 0.380 e. The Morgan fingerprint density at radius 1 is 1.53 bits per heavy atom. The molecule has 1 N–H and O–H groups in total. The third-order valence-corrected chi connectivity index (χ3v) is 3.62. The maximum absolute atomic E-state index is 5.58. The first-order valence-corrected chi connectivity index (χ1v) is 6.17. The van der Waals surface area contributed by atoms with Gasteiger partial charge in [0.05, 0.1) is 6.61 Å². The van der Waals surface area contributed by atoms with Gasteiger partial charge in [0.25, 0.3) is 0 Å². The first kappa shape index (κ1) is 12.9. The average molecular weight is 214 g/mol. The van der Waals surface area contributed by atoms with E-state index in [1.54, 1.807) is 0 Å². The van der Waals surface area contributed by atoms with Crippen LogP contribution >= 0.6 is 0 Å². The van der Waals surface area contributed by atoms with E-state index in [9.17, 15) is 0 Å². The van der Waals surface area contributed by atoms with Gasteiger partial charge in [-0.3, -0.25) is 4.90 Å². The van der Waals surface area contributed by atoms with Crippen LogP contribution in [0.5, 0.6) is 0 Å². The molecule has 1 aliphatic rings. The van der Waals surface area contributed by atoms with E-state index in [1.165, 1.54) is 12.8 Å². The lowest BCUT2D eigenvalue weighted by atomic mass is 10.00. The number of rotatable bonds is 5. The molecule has 0 aromatic heterocycles. The molecule has 15 heavy (non-hydrogen) atoms. The fourth-order valence-electron chi connectivity index (χ4n) is 2.41. The van der Waals surface area contributed by atoms with Crippen molar-refractivity contribution in [3.05, 3.63) is 0 Å². The van der Waals surface area contributed by atoms with Crippen LogP contribution in [0.3, 0.4) is 0 Å². The zero-order chi connectivity index (χ0) is 11.3. The zero-order valence-corrected chi connectivity index (χ0v) is 10.6. The minimum atomic E-state index is 0.533. The molecule has 1 fully saturated rings. The summed E-state index contributed by atoms with van der Waals surface area (Å²) in [7, 11) is 4.28. The average Bonchev–Trinajstić information content (AvgIpc) is 2.28. The molecule has 3 atom stereocenters. The number of nitrogens with one attached hydrogen (secondary N) is 1. The molecule has 1 rings (SSSR count). The van der Waals surface area contributed by atoms with Crippen LogP contribution in [-0.4, -0.2) is 50.3 Å². The monoisotopic (exact) mass is 214 g/mol. The molecule has 0 bridgehead atoms. The molecule has 0 aliphatic carbocycles. The standard InChI is InChI=1S/C12H26N2O/c1-5-6-10(2)14(4)12-9-15-8-7-11(12)13-3/h10-13H,5-9H2,1-4H3. The lowest BCUT2D eigenvalue weighted by Crippen LogP contribution is -2.55. The second-order valence-electron chi connectivity index (χ2n) is 4.63. The Labute approximate surface area is 94.2 Å². The minimum absolute atomic E-state index is 0.533. The predicted octanol–water partition coefficient (Wildman–Crippen LogP) is 1.48. The second kappa shape index (κ2) is 6.46. The maximum Gasteiger partial charge on any atom is 0.0637 e. The summed E-state index contributed by atoms with van der Waals surface area (Å²) in [5.41, 5.74) is 0. The Balaban J connectivity index is 2.50. The highest BCUT2D eigenvalue weighted by Crippen LogP contribution is 2.17. The van der Waals surface area contributed by atoms with Crippen molar-refractivity contribution >= 4 is 0 Å². The minimum Gasteiger partial charge on any atom is -0.380 e. The van der Waals surface area contributed by atoms with Gasteiger partial charge >= 0.3 is 0 Å². The third-order valence-electron chi connectivity index (χ3n) is 3.62. The summed E-state index contributed by atoms with van der Waals surface area (Å²) in [4.78, 5) is 2.48. The number of ether oxygens (including phenoxy) is 1. The van der Waals surface area contributed by atoms with Crippen molar-refractivity contribution in [1.82, 2.24) is 10.2 Å². The van der Waals surface area contributed by atoms with Crippen molar-refractivity contribution in [1.29, 1.82) is 0 Å². The van der Waals surface area contributed by atoms with E-state index in [1.807, 2.05) is 0 Å². The number of hydrogen-bond acceptors (Lipinski definition) is 3. The van der Waals surface area contributed by atoms with Crippen LogP contribution in [0.15, 0.2) is 0 Å². The molecule has 3 heteroatoms. The fourth-order valence-corrected chi connectivity index (χ4v) is 2.41. The van der Waals surface area contributed by atoms with Crippen molar-refractivity contribution in [3.63, 3.8) is 0 Å². The molecule has 1 saturated heterocycles. The Morgan fingerprint density at radius 3 is 2.87 bits per heavy atom. The van der Waals surface area contributed by atoms with Crippen LogP contribution in [0.4, 0.5) is 0 Å². The highest BCUT2D eigenvalue weighted by molar-refractivity contribution is 4.87. The van der Waals surface area contributed by atoms with E-state index in [2.05, 4.69) is 38.2 Å². The first-order valence-electron chi connectivity index (χ1n) is 6.17. The van der Waals surface area contributed by atoms with Gasteiger partial charge in [0.15, 0.2) is 0 Å². The van der Waals surface area contributed by atoms with E-state index >= 15 is 0 Å². The maximum atomic E-state index is 5.58. The van der Waals surface area contributed by atoms with E-state index < -0.39 is 0 Å². The molecular formula is C12H26N2O. The van der Waals surface area contributed by atoms with Gasteiger partial charge in [-0.1, -0.05) is 13.3 Å². The van der Waals surface area contributed by atoms with Crippen molar-refractivity contribution < 1.29 is 4.74 Å². The molecule has 0 aromatic carbocycles. The van der Waals surface area contributed by atoms with Crippen molar-refractivity contribution in [3.8, 4) is 0 Å². The van der Waals surface area contributed by atoms with Gasteiger partial charge in [-0.2, -0.15) is 0 Å². The normalized spacial score (nSPS) is 29.4. The summed E-state index contributed by atoms with van der Waals surface area (Å²) < 4.78 is 5.58. The van der Waals surface area contributed by atoms with Crippen molar-refractivity contribution in [2.45, 2.75) is 51.2 Å². The highest BCUT2D eigenvalue weighted by Gasteiger charge is 2.29. The molecule has 90 valence electrons. The number of likely N-dealkylation sites (N-methyl/N-ethyl adjacent to an activating group) is 2. The Kier molecular flexibility index (Phi) is 5.58. The van der Waals surface area contributed by atoms with Gasteiger partial charge in [0, 0.05) is 24.7 Å². The van der Waals surface area contributed by atoms with E-state index in [0.717, 1.165) is 19.6 Å². The molecule has 0 spiro atoms. The van der Waals surface area contributed by atoms with E-state index in [-0.39, 0.29) is 0 Å². The van der Waals surface area contributed by atoms with E-state index in [0.29, 0.717) is 18.1 Å². The third kappa shape index (κ3) is 3.44. The van der Waals surface area contributed by atoms with Gasteiger partial charge in [-0.25, -0.2) is 0 Å². The topological polar surface area (TPSA) is 24.5 Å². The second-order valence-corrected chi connectivity index (χ2v) is 4.63. The molecule has 0 aromatic rings. The van der Waals surface area contributed by atoms with Gasteiger partial charge in [0.1, 0.15) is 0 Å². The van der Waals surface area contributed by atoms with Crippen LogP contribution in [-0.2, 0) is 4.74 Å². The van der Waals surface area contributed by atoms with E-state index in [4.69, 9.17) is 4.74 Å². The van der Waals surface area contributed by atoms with Gasteiger partial charge in [-0.15, -0.1) is 0 Å². The van der Waals surface area contributed by atoms with Crippen LogP contribution in [0, 0.1) is 0 Å². The highest BCUT2D eigenvalue weighted by atomic mass is 16.5. The summed E-state index contributed by atoms with van der Waals surface area (Å²) in [5.74, 6) is 0. The summed E-state index contributed by atoms with van der Waals surface area (Å²) in [5, 5.41) is 3.41. The fraction of sp³-hybridized carbons (Fsp3) is 1.00. The van der Waals surface area contributed by atoms with Gasteiger partial charge in [0.2, 0.25) is 0 Å². The Hall–Kier alpha value is -0.120. The van der Waals surface area contributed by atoms with Gasteiger partial charge in [-0.05, 0) is 33.9 Å². The molecule has 0 amide bonds. The Morgan fingerprint density at radius 2 is 2.27 bits per heavy atom. The zero-order valence-electron chi connectivity index (χ0n) is 10.6. The molecule has 3 unspecified atom stereocenters. The molecule has 1 aliphatic heterocycles. The first-order chi connectivity index (χ1) is 7.20. The Bertz CT molecular complexity index is 175. The number of hydrogen-bond donors (Lipinski definition) is 1. The summed E-state index contributed by atoms with van der Waals surface area (Å²) in [6, 6.07) is 1.77. The van der Waals surface area contributed by atoms with Crippen LogP contribution in [0.25, 0.3) is 0 Å². The molecular weight excluding hydrogens is 188 g/mol. The molecule has 0 radical (unpaired) electrons. The summed E-state index contributed by atoms with van der Waals surface area (Å²) in [6.45, 7) is 6.33. The molecule has 0 saturated carbocycles.